The Labute approximate surface area is 186 Å². The van der Waals surface area contributed by atoms with Gasteiger partial charge in [0.2, 0.25) is 9.84 Å². The molecule has 0 unspecified atom stereocenters. The number of amides is 1. The number of sulfone groups is 1. The first-order valence-electron chi connectivity index (χ1n) is 9.62. The molecule has 0 aliphatic rings. The van der Waals surface area contributed by atoms with E-state index in [-0.39, 0.29) is 22.1 Å². The van der Waals surface area contributed by atoms with Crippen LogP contribution in [0.5, 0.6) is 0 Å². The van der Waals surface area contributed by atoms with E-state index >= 15 is 0 Å². The van der Waals surface area contributed by atoms with Crippen molar-refractivity contribution in [2.24, 2.45) is 0 Å². The van der Waals surface area contributed by atoms with Crippen LogP contribution in [-0.2, 0) is 22.8 Å². The highest BCUT2D eigenvalue weighted by molar-refractivity contribution is 7.91. The summed E-state index contributed by atoms with van der Waals surface area (Å²) in [4.78, 5) is 22.5. The number of rotatable bonds is 9. The number of hydrogen-bond donors (Lipinski definition) is 2. The highest BCUT2D eigenvalue weighted by Crippen LogP contribution is 2.21. The van der Waals surface area contributed by atoms with Gasteiger partial charge in [-0.15, -0.1) is 0 Å². The number of anilines is 1. The minimum absolute atomic E-state index is 0.0323. The summed E-state index contributed by atoms with van der Waals surface area (Å²) in [6, 6.07) is 7.67. The van der Waals surface area contributed by atoms with Crippen molar-refractivity contribution in [3.63, 3.8) is 0 Å². The molecule has 0 fully saturated rings. The normalized spacial score (nSPS) is 11.1. The van der Waals surface area contributed by atoms with Crippen LogP contribution in [0.25, 0.3) is 6.08 Å². The number of furan rings is 1. The molecule has 1 amide bonds. The third-order valence-electron chi connectivity index (χ3n) is 4.60. The monoisotopic (exact) mass is 453 g/mol. The average Bonchev–Trinajstić information content (AvgIpc) is 3.21. The highest BCUT2D eigenvalue weighted by atomic mass is 32.2. The fourth-order valence-electron chi connectivity index (χ4n) is 2.86. The smallest absolute Gasteiger partial charge is 0.287 e. The topological polar surface area (TPSA) is 129 Å². The van der Waals surface area contributed by atoms with Crippen molar-refractivity contribution >= 4 is 33.9 Å². The van der Waals surface area contributed by atoms with Crippen molar-refractivity contribution in [1.82, 2.24) is 15.3 Å². The molecule has 166 valence electrons. The molecule has 0 bridgehead atoms. The van der Waals surface area contributed by atoms with Crippen LogP contribution >= 0.6 is 0 Å². The second-order valence-electron chi connectivity index (χ2n) is 7.03. The average molecular weight is 454 g/mol. The highest BCUT2D eigenvalue weighted by Gasteiger charge is 2.19. The van der Waals surface area contributed by atoms with Gasteiger partial charge in [0.25, 0.3) is 5.91 Å². The molecule has 3 heterocycles. The Morgan fingerprint density at radius 2 is 1.88 bits per heavy atom. The fraction of sp³-hybridized carbons (Fsp3) is 0.182. The van der Waals surface area contributed by atoms with Crippen LogP contribution in [0.15, 0.2) is 63.5 Å². The number of carbonyl (C=O) groups excluding carboxylic acids is 1. The molecule has 0 radical (unpaired) electrons. The summed E-state index contributed by atoms with van der Waals surface area (Å²) in [5.41, 5.74) is 1.18. The predicted molar refractivity (Wildman–Crippen MR) is 121 cm³/mol. The van der Waals surface area contributed by atoms with Gasteiger partial charge in [-0.05, 0) is 42.6 Å². The summed E-state index contributed by atoms with van der Waals surface area (Å²) in [7, 11) is -0.123. The maximum Gasteiger partial charge on any atom is 0.287 e. The van der Waals surface area contributed by atoms with Crippen LogP contribution in [0.1, 0.15) is 27.6 Å². The fourth-order valence-corrected chi connectivity index (χ4v) is 4.01. The van der Waals surface area contributed by atoms with E-state index in [0.29, 0.717) is 29.3 Å². The van der Waals surface area contributed by atoms with Crippen LogP contribution in [0.4, 0.5) is 5.82 Å². The number of pyridine rings is 2. The van der Waals surface area contributed by atoms with Crippen LogP contribution in [0.3, 0.4) is 0 Å². The van der Waals surface area contributed by atoms with Gasteiger partial charge in [-0.3, -0.25) is 9.78 Å². The molecule has 2 N–H and O–H groups in total. The van der Waals surface area contributed by atoms with E-state index in [1.807, 2.05) is 14.1 Å². The predicted octanol–water partition coefficient (Wildman–Crippen LogP) is 2.73. The van der Waals surface area contributed by atoms with Gasteiger partial charge in [-0.25, -0.2) is 13.4 Å². The van der Waals surface area contributed by atoms with E-state index in [0.717, 1.165) is 0 Å². The van der Waals surface area contributed by atoms with E-state index in [4.69, 9.17) is 9.83 Å². The number of hydrogen-bond acceptors (Lipinski definition) is 8. The summed E-state index contributed by atoms with van der Waals surface area (Å²) in [5.74, 6) is 0.744. The van der Waals surface area contributed by atoms with Crippen LogP contribution in [0, 0.1) is 5.41 Å². The number of nitrogens with one attached hydrogen (secondary N) is 2. The molecule has 0 saturated carbocycles. The molecule has 3 aromatic rings. The van der Waals surface area contributed by atoms with Crippen molar-refractivity contribution in [3.05, 3.63) is 72.1 Å². The zero-order valence-electron chi connectivity index (χ0n) is 17.7. The van der Waals surface area contributed by atoms with Gasteiger partial charge in [0, 0.05) is 38.5 Å². The molecule has 0 aromatic carbocycles. The lowest BCUT2D eigenvalue weighted by molar-refractivity contribution is 0.0922. The molecule has 0 aliphatic carbocycles. The molecular weight excluding hydrogens is 430 g/mol. The molecule has 10 heteroatoms. The van der Waals surface area contributed by atoms with Crippen LogP contribution in [0.2, 0.25) is 0 Å². The number of carbonyl (C=O) groups is 1. The van der Waals surface area contributed by atoms with E-state index in [9.17, 15) is 13.2 Å². The maximum absolute atomic E-state index is 12.8. The molecule has 0 saturated heterocycles. The van der Waals surface area contributed by atoms with Crippen molar-refractivity contribution in [2.75, 3.05) is 19.0 Å². The summed E-state index contributed by atoms with van der Waals surface area (Å²) in [6.45, 7) is 3.72. The number of nitrogens with zero attached hydrogens (tertiary/aromatic N) is 3. The van der Waals surface area contributed by atoms with Crippen molar-refractivity contribution in [2.45, 2.75) is 22.8 Å². The van der Waals surface area contributed by atoms with Crippen molar-refractivity contribution in [1.29, 1.82) is 5.41 Å². The minimum Gasteiger partial charge on any atom is -0.451 e. The van der Waals surface area contributed by atoms with Crippen LogP contribution < -0.4 is 10.2 Å². The zero-order valence-corrected chi connectivity index (χ0v) is 18.5. The van der Waals surface area contributed by atoms with Crippen LogP contribution in [-0.4, -0.2) is 44.6 Å². The maximum atomic E-state index is 12.8. The van der Waals surface area contributed by atoms with E-state index < -0.39 is 15.7 Å². The lowest BCUT2D eigenvalue weighted by atomic mass is 10.2. The molecule has 32 heavy (non-hydrogen) atoms. The summed E-state index contributed by atoms with van der Waals surface area (Å²) in [6.07, 6.45) is 5.60. The third-order valence-corrected chi connectivity index (χ3v) is 6.32. The van der Waals surface area contributed by atoms with Gasteiger partial charge in [0.1, 0.15) is 11.6 Å². The molecule has 3 rings (SSSR count). The second-order valence-corrected chi connectivity index (χ2v) is 8.98. The lowest BCUT2D eigenvalue weighted by Crippen LogP contribution is -2.22. The minimum atomic E-state index is -3.76. The largest absolute Gasteiger partial charge is 0.451 e. The Bertz CT molecular complexity index is 1230. The first-order valence-corrected chi connectivity index (χ1v) is 11.1. The summed E-state index contributed by atoms with van der Waals surface area (Å²) >= 11 is 0. The summed E-state index contributed by atoms with van der Waals surface area (Å²) in [5, 5.41) is 9.88. The van der Waals surface area contributed by atoms with E-state index in [2.05, 4.69) is 21.9 Å². The first kappa shape index (κ1) is 22.9. The van der Waals surface area contributed by atoms with Gasteiger partial charge in [0.15, 0.2) is 5.76 Å². The van der Waals surface area contributed by atoms with E-state index in [1.165, 1.54) is 42.9 Å². The third kappa shape index (κ3) is 4.92. The van der Waals surface area contributed by atoms with Gasteiger partial charge in [0.05, 0.1) is 22.0 Å². The summed E-state index contributed by atoms with van der Waals surface area (Å²) < 4.78 is 31.0. The van der Waals surface area contributed by atoms with Crippen molar-refractivity contribution in [3.8, 4) is 0 Å². The number of aromatic nitrogens is 2. The quantitative estimate of drug-likeness (QED) is 0.477. The molecule has 0 aliphatic heterocycles. The second kappa shape index (κ2) is 9.56. The lowest BCUT2D eigenvalue weighted by Gasteiger charge is -2.11. The molecule has 3 aromatic heterocycles. The standard InChI is InChI=1S/C22H23N5O4S/c1-4-19-15(9-10-23)11-20(31-19)22(28)26-12-16-5-6-17(13-24-16)32(29,30)18-7-8-21(25-14-18)27(2)3/h4-8,10-11,13-14,23H,1,9,12H2,2-3H3,(H,26,28). The molecule has 0 atom stereocenters. The van der Waals surface area contributed by atoms with Gasteiger partial charge in [-0.2, -0.15) is 0 Å². The first-order chi connectivity index (χ1) is 15.3. The van der Waals surface area contributed by atoms with Crippen molar-refractivity contribution < 1.29 is 17.6 Å². The Morgan fingerprint density at radius 3 is 2.41 bits per heavy atom. The molecular formula is C22H23N5O4S. The van der Waals surface area contributed by atoms with E-state index in [1.54, 1.807) is 17.0 Å². The Hall–Kier alpha value is -3.79. The SMILES string of the molecule is C=Cc1oc(C(=O)NCc2ccc(S(=O)(=O)c3ccc(N(C)C)nc3)cn2)cc1CC=N. The van der Waals surface area contributed by atoms with Gasteiger partial charge in [-0.1, -0.05) is 6.58 Å². The molecule has 0 spiro atoms. The Kier molecular flexibility index (Phi) is 6.84. The Balaban J connectivity index is 1.68. The van der Waals surface area contributed by atoms with Gasteiger partial charge < -0.3 is 20.0 Å². The Morgan fingerprint density at radius 1 is 1.19 bits per heavy atom. The molecule has 9 nitrogen and oxygen atoms in total. The zero-order chi connectivity index (χ0) is 23.3. The van der Waals surface area contributed by atoms with Gasteiger partial charge >= 0.3 is 0 Å².